The van der Waals surface area contributed by atoms with Gasteiger partial charge < -0.3 is 37.3 Å². The Morgan fingerprint density at radius 2 is 1.54 bits per heavy atom. The first kappa shape index (κ1) is 45.2. The molecular formula is C41H74O9Si2. The molecule has 9 nitrogen and oxygen atoms in total. The standard InChI is InChI=1S/C41H74O9Si2/c1-27-21-31(18-19-34-28(2)22-30(47-34)17-16-20-42)48-35(29(27)3)25-36-33(24-38(43)44-10)39(45-11)37(49-36)23-32(50-52(14,15)41(7,8)9)26-46-51(12,13)40(4,5)6/h20,27,30-37,39H,2-3,16-19,21-26H2,1,4-15H3/t27?,30?,31?,32?,33?,34?,35-,36+,37?,39-/m1/s1. The van der Waals surface area contributed by atoms with Gasteiger partial charge in [-0.1, -0.05) is 61.6 Å². The van der Waals surface area contributed by atoms with Gasteiger partial charge in [-0.25, -0.2) is 0 Å². The highest BCUT2D eigenvalue weighted by molar-refractivity contribution is 6.74. The van der Waals surface area contributed by atoms with Crippen molar-refractivity contribution in [3.8, 4) is 0 Å². The van der Waals surface area contributed by atoms with E-state index in [-0.39, 0.29) is 83.1 Å². The lowest BCUT2D eigenvalue weighted by atomic mass is 9.82. The molecule has 7 unspecified atom stereocenters. The number of methoxy groups -OCH3 is 2. The minimum absolute atomic E-state index is 0.00735. The second-order valence-electron chi connectivity index (χ2n) is 18.8. The summed E-state index contributed by atoms with van der Waals surface area (Å²) < 4.78 is 45.2. The van der Waals surface area contributed by atoms with Gasteiger partial charge >= 0.3 is 5.97 Å². The Kier molecular flexibility index (Phi) is 16.2. The van der Waals surface area contributed by atoms with E-state index in [0.29, 0.717) is 25.9 Å². The van der Waals surface area contributed by atoms with Crippen LogP contribution in [0.1, 0.15) is 106 Å². The van der Waals surface area contributed by atoms with E-state index in [4.69, 9.17) is 32.5 Å². The molecule has 0 bridgehead atoms. The highest BCUT2D eigenvalue weighted by Gasteiger charge is 2.50. The molecular weight excluding hydrogens is 693 g/mol. The number of hydrogen-bond acceptors (Lipinski definition) is 9. The minimum atomic E-state index is -2.17. The Labute approximate surface area is 318 Å². The van der Waals surface area contributed by atoms with Crippen molar-refractivity contribution in [2.45, 2.75) is 191 Å². The van der Waals surface area contributed by atoms with Gasteiger partial charge in [0.2, 0.25) is 0 Å². The van der Waals surface area contributed by atoms with E-state index in [9.17, 15) is 9.59 Å². The van der Waals surface area contributed by atoms with Crippen molar-refractivity contribution in [2.24, 2.45) is 11.8 Å². The highest BCUT2D eigenvalue weighted by atomic mass is 28.4. The molecule has 0 aromatic rings. The molecule has 300 valence electrons. The smallest absolute Gasteiger partial charge is 0.305 e. The third kappa shape index (κ3) is 11.9. The van der Waals surface area contributed by atoms with E-state index in [1.54, 1.807) is 7.11 Å². The lowest BCUT2D eigenvalue weighted by molar-refractivity contribution is -0.143. The van der Waals surface area contributed by atoms with Gasteiger partial charge in [-0.05, 0) is 85.4 Å². The van der Waals surface area contributed by atoms with Crippen LogP contribution in [0, 0.1) is 11.8 Å². The van der Waals surface area contributed by atoms with Crippen molar-refractivity contribution >= 4 is 28.9 Å². The maximum atomic E-state index is 12.8. The molecule has 3 saturated heterocycles. The predicted octanol–water partition coefficient (Wildman–Crippen LogP) is 8.96. The Morgan fingerprint density at radius 3 is 2.12 bits per heavy atom. The van der Waals surface area contributed by atoms with Crippen LogP contribution < -0.4 is 0 Å². The number of carbonyl (C=O) groups is 2. The van der Waals surface area contributed by atoms with Crippen LogP contribution in [0.15, 0.2) is 24.3 Å². The van der Waals surface area contributed by atoms with Crippen LogP contribution in [0.4, 0.5) is 0 Å². The Balaban J connectivity index is 1.80. The zero-order valence-corrected chi connectivity index (χ0v) is 37.0. The number of aldehydes is 1. The molecule has 0 amide bonds. The van der Waals surface area contributed by atoms with Gasteiger partial charge in [-0.3, -0.25) is 4.79 Å². The van der Waals surface area contributed by atoms with Gasteiger partial charge in [-0.15, -0.1) is 0 Å². The molecule has 0 saturated carbocycles. The van der Waals surface area contributed by atoms with Gasteiger partial charge in [0, 0.05) is 32.3 Å². The average Bonchev–Trinajstić information content (AvgIpc) is 3.56. The number of rotatable bonds is 18. The summed E-state index contributed by atoms with van der Waals surface area (Å²) in [4.78, 5) is 23.7. The maximum absolute atomic E-state index is 12.8. The molecule has 0 aliphatic carbocycles. The molecule has 3 aliphatic heterocycles. The summed E-state index contributed by atoms with van der Waals surface area (Å²) in [7, 11) is -1.08. The second kappa shape index (κ2) is 18.6. The molecule has 0 radical (unpaired) electrons. The van der Waals surface area contributed by atoms with Crippen molar-refractivity contribution in [1.29, 1.82) is 0 Å². The lowest BCUT2D eigenvalue weighted by Gasteiger charge is -2.42. The van der Waals surface area contributed by atoms with Crippen LogP contribution in [0.5, 0.6) is 0 Å². The van der Waals surface area contributed by atoms with Crippen molar-refractivity contribution in [1.82, 2.24) is 0 Å². The van der Waals surface area contributed by atoms with E-state index in [0.717, 1.165) is 49.5 Å². The first-order chi connectivity index (χ1) is 24.0. The Hall–Kier alpha value is -1.19. The molecule has 0 N–H and O–H groups in total. The summed E-state index contributed by atoms with van der Waals surface area (Å²) in [5.74, 6) is -0.224. The fourth-order valence-electron chi connectivity index (χ4n) is 7.36. The zero-order valence-electron chi connectivity index (χ0n) is 35.0. The SMILES string of the molecule is C=C1CC(CCC=O)OC1CCC1CC(C)C(=C)[C@@H](C[C@@H]2OC(CC(CO[Si](C)(C)C(C)(C)C)O[Si](C)(C)C(C)(C)C)[C@H](OC)C2CC(=O)OC)O1. The first-order valence-corrected chi connectivity index (χ1v) is 25.5. The summed E-state index contributed by atoms with van der Waals surface area (Å²) in [5, 5.41) is 0.0929. The molecule has 3 aliphatic rings. The van der Waals surface area contributed by atoms with Crippen LogP contribution >= 0.6 is 0 Å². The normalized spacial score (nSPS) is 31.2. The number of ether oxygens (including phenoxy) is 5. The Morgan fingerprint density at radius 1 is 0.904 bits per heavy atom. The largest absolute Gasteiger partial charge is 0.469 e. The number of esters is 1. The highest BCUT2D eigenvalue weighted by Crippen LogP contribution is 2.44. The van der Waals surface area contributed by atoms with Crippen molar-refractivity contribution in [3.63, 3.8) is 0 Å². The summed E-state index contributed by atoms with van der Waals surface area (Å²) in [5.41, 5.74) is 2.17. The van der Waals surface area contributed by atoms with Crippen LogP contribution in [0.3, 0.4) is 0 Å². The molecule has 10 atom stereocenters. The molecule has 3 fully saturated rings. The maximum Gasteiger partial charge on any atom is 0.305 e. The summed E-state index contributed by atoms with van der Waals surface area (Å²) in [6.07, 6.45) is 5.72. The molecule has 3 heterocycles. The van der Waals surface area contributed by atoms with Gasteiger partial charge in [0.25, 0.3) is 0 Å². The van der Waals surface area contributed by atoms with Crippen molar-refractivity contribution in [2.75, 3.05) is 20.8 Å². The van der Waals surface area contributed by atoms with Gasteiger partial charge in [0.1, 0.15) is 6.29 Å². The monoisotopic (exact) mass is 766 g/mol. The quantitative estimate of drug-likeness (QED) is 0.0586. The molecule has 0 spiro atoms. The minimum Gasteiger partial charge on any atom is -0.469 e. The third-order valence-corrected chi connectivity index (χ3v) is 21.9. The fourth-order valence-corrected chi connectivity index (χ4v) is 9.74. The summed E-state index contributed by atoms with van der Waals surface area (Å²) in [6, 6.07) is 0. The van der Waals surface area contributed by atoms with E-state index in [1.807, 2.05) is 0 Å². The third-order valence-electron chi connectivity index (χ3n) is 12.8. The van der Waals surface area contributed by atoms with Crippen LogP contribution in [0.25, 0.3) is 0 Å². The van der Waals surface area contributed by atoms with Crippen LogP contribution in [0.2, 0.25) is 36.3 Å². The van der Waals surface area contributed by atoms with Crippen molar-refractivity contribution in [3.05, 3.63) is 24.3 Å². The van der Waals surface area contributed by atoms with Gasteiger partial charge in [0.05, 0.1) is 69.0 Å². The molecule has 11 heteroatoms. The van der Waals surface area contributed by atoms with Crippen LogP contribution in [-0.4, -0.2) is 98.5 Å². The fraction of sp³-hybridized carbons (Fsp3) is 0.854. The predicted molar refractivity (Wildman–Crippen MR) is 213 cm³/mol. The summed E-state index contributed by atoms with van der Waals surface area (Å²) in [6.45, 7) is 34.1. The molecule has 0 aromatic heterocycles. The Bertz CT molecular complexity index is 1210. The molecule has 52 heavy (non-hydrogen) atoms. The van der Waals surface area contributed by atoms with E-state index >= 15 is 0 Å². The van der Waals surface area contributed by atoms with Gasteiger partial charge in [0.15, 0.2) is 16.6 Å². The topological polar surface area (TPSA) is 98.8 Å². The van der Waals surface area contributed by atoms with Crippen molar-refractivity contribution < 1.29 is 42.1 Å². The number of hydrogen-bond donors (Lipinski definition) is 0. The van der Waals surface area contributed by atoms with E-state index in [2.05, 4.69) is 87.8 Å². The van der Waals surface area contributed by atoms with E-state index in [1.165, 1.54) is 7.11 Å². The first-order valence-electron chi connectivity index (χ1n) is 19.7. The zero-order chi connectivity index (χ0) is 39.2. The second-order valence-corrected chi connectivity index (χ2v) is 28.4. The van der Waals surface area contributed by atoms with Crippen LogP contribution in [-0.2, 0) is 42.1 Å². The number of carbonyl (C=O) groups excluding carboxylic acids is 2. The summed E-state index contributed by atoms with van der Waals surface area (Å²) >= 11 is 0. The lowest BCUT2D eigenvalue weighted by Crippen LogP contribution is -2.49. The molecule has 0 aromatic carbocycles. The van der Waals surface area contributed by atoms with Gasteiger partial charge in [-0.2, -0.15) is 0 Å². The molecule has 3 rings (SSSR count). The average molecular weight is 767 g/mol. The van der Waals surface area contributed by atoms with E-state index < -0.39 is 16.6 Å².